The molecule has 1 unspecified atom stereocenters. The number of primary amides is 1. The third-order valence-corrected chi connectivity index (χ3v) is 3.24. The Balaban J connectivity index is 2.11. The SMILES string of the molecule is NC(=O)C(NCc1ccccc1Cl)c1ccccc1. The Morgan fingerprint density at radius 3 is 2.37 bits per heavy atom. The van der Waals surface area contributed by atoms with E-state index < -0.39 is 11.9 Å². The molecule has 2 aromatic rings. The Morgan fingerprint density at radius 2 is 1.74 bits per heavy atom. The van der Waals surface area contributed by atoms with Gasteiger partial charge in [-0.05, 0) is 17.2 Å². The summed E-state index contributed by atoms with van der Waals surface area (Å²) < 4.78 is 0. The molecule has 2 rings (SSSR count). The molecule has 1 atom stereocenters. The molecule has 0 aliphatic carbocycles. The Bertz CT molecular complexity index is 557. The summed E-state index contributed by atoms with van der Waals surface area (Å²) in [5.74, 6) is -0.404. The van der Waals surface area contributed by atoms with E-state index in [9.17, 15) is 4.79 Å². The average molecular weight is 275 g/mol. The van der Waals surface area contributed by atoms with Crippen LogP contribution in [0.1, 0.15) is 17.2 Å². The summed E-state index contributed by atoms with van der Waals surface area (Å²) in [5.41, 5.74) is 7.22. The van der Waals surface area contributed by atoms with Crippen molar-refractivity contribution >= 4 is 17.5 Å². The number of carbonyl (C=O) groups is 1. The van der Waals surface area contributed by atoms with Gasteiger partial charge in [-0.15, -0.1) is 0 Å². The van der Waals surface area contributed by atoms with E-state index >= 15 is 0 Å². The van der Waals surface area contributed by atoms with Gasteiger partial charge < -0.3 is 5.73 Å². The molecule has 0 spiro atoms. The minimum Gasteiger partial charge on any atom is -0.368 e. The molecule has 98 valence electrons. The van der Waals surface area contributed by atoms with Gasteiger partial charge in [-0.1, -0.05) is 60.1 Å². The van der Waals surface area contributed by atoms with Crippen LogP contribution in [0, 0.1) is 0 Å². The van der Waals surface area contributed by atoms with Gasteiger partial charge in [-0.2, -0.15) is 0 Å². The maximum atomic E-state index is 11.5. The Kier molecular flexibility index (Phi) is 4.55. The second kappa shape index (κ2) is 6.36. The highest BCUT2D eigenvalue weighted by Crippen LogP contribution is 2.17. The Labute approximate surface area is 117 Å². The Hall–Kier alpha value is -1.84. The van der Waals surface area contributed by atoms with Crippen molar-refractivity contribution in [1.82, 2.24) is 5.32 Å². The van der Waals surface area contributed by atoms with E-state index in [4.69, 9.17) is 17.3 Å². The van der Waals surface area contributed by atoms with Gasteiger partial charge in [0.2, 0.25) is 5.91 Å². The summed E-state index contributed by atoms with van der Waals surface area (Å²) >= 11 is 6.08. The van der Waals surface area contributed by atoms with Crippen LogP contribution in [0.15, 0.2) is 54.6 Å². The molecule has 0 saturated carbocycles. The summed E-state index contributed by atoms with van der Waals surface area (Å²) in [6, 6.07) is 16.4. The first kappa shape index (κ1) is 13.6. The molecule has 3 nitrogen and oxygen atoms in total. The number of carbonyl (C=O) groups excluding carboxylic acids is 1. The normalized spacial score (nSPS) is 12.1. The highest BCUT2D eigenvalue weighted by Gasteiger charge is 2.16. The standard InChI is InChI=1S/C15H15ClN2O/c16-13-9-5-4-8-12(13)10-18-14(15(17)19)11-6-2-1-3-7-11/h1-9,14,18H,10H2,(H2,17,19). The van der Waals surface area contributed by atoms with E-state index in [1.54, 1.807) is 0 Å². The van der Waals surface area contributed by atoms with Gasteiger partial charge in [0.25, 0.3) is 0 Å². The van der Waals surface area contributed by atoms with Crippen molar-refractivity contribution in [3.8, 4) is 0 Å². The number of hydrogen-bond donors (Lipinski definition) is 2. The van der Waals surface area contributed by atoms with Crippen molar-refractivity contribution in [3.05, 3.63) is 70.7 Å². The van der Waals surface area contributed by atoms with E-state index in [0.717, 1.165) is 11.1 Å². The zero-order chi connectivity index (χ0) is 13.7. The lowest BCUT2D eigenvalue weighted by atomic mass is 10.1. The number of amides is 1. The molecule has 0 fully saturated rings. The predicted octanol–water partition coefficient (Wildman–Crippen LogP) is 2.66. The van der Waals surface area contributed by atoms with Crippen molar-refractivity contribution in [1.29, 1.82) is 0 Å². The van der Waals surface area contributed by atoms with Crippen molar-refractivity contribution in [2.24, 2.45) is 5.73 Å². The third kappa shape index (κ3) is 3.56. The molecule has 19 heavy (non-hydrogen) atoms. The first-order chi connectivity index (χ1) is 9.18. The van der Waals surface area contributed by atoms with E-state index in [1.165, 1.54) is 0 Å². The largest absolute Gasteiger partial charge is 0.368 e. The smallest absolute Gasteiger partial charge is 0.239 e. The maximum Gasteiger partial charge on any atom is 0.239 e. The minimum atomic E-state index is -0.516. The van der Waals surface area contributed by atoms with Gasteiger partial charge in [-0.25, -0.2) is 0 Å². The van der Waals surface area contributed by atoms with Crippen LogP contribution in [0.5, 0.6) is 0 Å². The number of rotatable bonds is 5. The van der Waals surface area contributed by atoms with Crippen molar-refractivity contribution < 1.29 is 4.79 Å². The zero-order valence-electron chi connectivity index (χ0n) is 10.3. The fraction of sp³-hybridized carbons (Fsp3) is 0.133. The average Bonchev–Trinajstić information content (AvgIpc) is 2.42. The number of nitrogens with one attached hydrogen (secondary N) is 1. The van der Waals surface area contributed by atoms with Gasteiger partial charge in [0, 0.05) is 11.6 Å². The minimum absolute atomic E-state index is 0.404. The van der Waals surface area contributed by atoms with Crippen LogP contribution in [0.2, 0.25) is 5.02 Å². The number of hydrogen-bond acceptors (Lipinski definition) is 2. The number of benzene rings is 2. The van der Waals surface area contributed by atoms with Crippen LogP contribution in [-0.4, -0.2) is 5.91 Å². The fourth-order valence-electron chi connectivity index (χ4n) is 1.88. The lowest BCUT2D eigenvalue weighted by Gasteiger charge is -2.16. The summed E-state index contributed by atoms with van der Waals surface area (Å²) in [6.07, 6.45) is 0. The lowest BCUT2D eigenvalue weighted by Crippen LogP contribution is -2.33. The van der Waals surface area contributed by atoms with Crippen LogP contribution < -0.4 is 11.1 Å². The molecular formula is C15H15ClN2O. The molecule has 4 heteroatoms. The predicted molar refractivity (Wildman–Crippen MR) is 76.7 cm³/mol. The molecule has 0 aliphatic rings. The molecule has 0 aliphatic heterocycles. The molecule has 0 heterocycles. The van der Waals surface area contributed by atoms with Crippen LogP contribution >= 0.6 is 11.6 Å². The van der Waals surface area contributed by atoms with Gasteiger partial charge in [0.05, 0.1) is 0 Å². The van der Waals surface area contributed by atoms with Crippen LogP contribution in [-0.2, 0) is 11.3 Å². The van der Waals surface area contributed by atoms with Crippen molar-refractivity contribution in [3.63, 3.8) is 0 Å². The van der Waals surface area contributed by atoms with Crippen molar-refractivity contribution in [2.45, 2.75) is 12.6 Å². The van der Waals surface area contributed by atoms with E-state index in [0.29, 0.717) is 11.6 Å². The van der Waals surface area contributed by atoms with Crippen molar-refractivity contribution in [2.75, 3.05) is 0 Å². The number of halogens is 1. The highest BCUT2D eigenvalue weighted by atomic mass is 35.5. The third-order valence-electron chi connectivity index (χ3n) is 2.87. The van der Waals surface area contributed by atoms with Gasteiger partial charge in [-0.3, -0.25) is 10.1 Å². The summed E-state index contributed by atoms with van der Waals surface area (Å²) in [7, 11) is 0. The van der Waals surface area contributed by atoms with E-state index in [1.807, 2.05) is 54.6 Å². The maximum absolute atomic E-state index is 11.5. The highest BCUT2D eigenvalue weighted by molar-refractivity contribution is 6.31. The fourth-order valence-corrected chi connectivity index (χ4v) is 2.08. The Morgan fingerprint density at radius 1 is 1.11 bits per heavy atom. The first-order valence-electron chi connectivity index (χ1n) is 5.99. The van der Waals surface area contributed by atoms with E-state index in [-0.39, 0.29) is 0 Å². The summed E-state index contributed by atoms with van der Waals surface area (Å²) in [6.45, 7) is 0.488. The lowest BCUT2D eigenvalue weighted by molar-refractivity contribution is -0.120. The molecule has 0 aromatic heterocycles. The first-order valence-corrected chi connectivity index (χ1v) is 6.37. The molecular weight excluding hydrogens is 260 g/mol. The second-order valence-corrected chi connectivity index (χ2v) is 4.63. The second-order valence-electron chi connectivity index (χ2n) is 4.22. The van der Waals surface area contributed by atoms with E-state index in [2.05, 4.69) is 5.32 Å². The number of nitrogens with two attached hydrogens (primary N) is 1. The molecule has 3 N–H and O–H groups in total. The van der Waals surface area contributed by atoms with Gasteiger partial charge >= 0.3 is 0 Å². The van der Waals surface area contributed by atoms with Crippen LogP contribution in [0.25, 0.3) is 0 Å². The van der Waals surface area contributed by atoms with Gasteiger partial charge in [0.1, 0.15) is 6.04 Å². The molecule has 0 saturated heterocycles. The summed E-state index contributed by atoms with van der Waals surface area (Å²) in [4.78, 5) is 11.5. The van der Waals surface area contributed by atoms with Crippen LogP contribution in [0.3, 0.4) is 0 Å². The zero-order valence-corrected chi connectivity index (χ0v) is 11.1. The molecule has 0 radical (unpaired) electrons. The topological polar surface area (TPSA) is 55.1 Å². The molecule has 1 amide bonds. The quantitative estimate of drug-likeness (QED) is 0.881. The van der Waals surface area contributed by atoms with Gasteiger partial charge in [0.15, 0.2) is 0 Å². The van der Waals surface area contributed by atoms with Crippen LogP contribution in [0.4, 0.5) is 0 Å². The molecule has 2 aromatic carbocycles. The summed E-state index contributed by atoms with van der Waals surface area (Å²) in [5, 5.41) is 3.81. The monoisotopic (exact) mass is 274 g/mol. The molecule has 0 bridgehead atoms.